The highest BCUT2D eigenvalue weighted by Crippen LogP contribution is 2.39. The zero-order valence-electron chi connectivity index (χ0n) is 23.0. The molecule has 0 amide bonds. The summed E-state index contributed by atoms with van der Waals surface area (Å²) in [4.78, 5) is 27.4. The molecule has 1 aliphatic rings. The second-order valence-electron chi connectivity index (χ2n) is 11.0. The topological polar surface area (TPSA) is 70.0 Å². The van der Waals surface area contributed by atoms with Crippen molar-refractivity contribution in [2.24, 2.45) is 5.92 Å². The number of rotatable bonds is 5. The van der Waals surface area contributed by atoms with Crippen LogP contribution < -0.4 is 4.74 Å². The van der Waals surface area contributed by atoms with Crippen LogP contribution in [-0.4, -0.2) is 47.9 Å². The maximum absolute atomic E-state index is 13.0. The first-order chi connectivity index (χ1) is 17.5. The minimum Gasteiger partial charge on any atom is -0.496 e. The van der Waals surface area contributed by atoms with Gasteiger partial charge in [0.05, 0.1) is 25.3 Å². The number of aryl methyl sites for hydroxylation is 1. The lowest BCUT2D eigenvalue weighted by Gasteiger charge is -2.39. The van der Waals surface area contributed by atoms with Gasteiger partial charge in [-0.15, -0.1) is 0 Å². The van der Waals surface area contributed by atoms with Crippen molar-refractivity contribution in [1.82, 2.24) is 9.47 Å². The molecule has 2 aromatic carbocycles. The van der Waals surface area contributed by atoms with Crippen LogP contribution in [0.15, 0.2) is 42.6 Å². The minimum absolute atomic E-state index is 0.205. The monoisotopic (exact) mass is 506 g/mol. The third-order valence-corrected chi connectivity index (χ3v) is 7.04. The zero-order chi connectivity index (χ0) is 26.9. The van der Waals surface area contributed by atoms with Crippen LogP contribution in [0, 0.1) is 12.8 Å². The smallest absolute Gasteiger partial charge is 0.419 e. The SMILES string of the molecule is COC(=O)c1ccc(C2CCC(C)CN2Cc2c(OC)cc(C)c3c2ccn3C(=O)OC(C)(C)C)cc1. The first-order valence-corrected chi connectivity index (χ1v) is 12.9. The zero-order valence-corrected chi connectivity index (χ0v) is 23.0. The molecule has 198 valence electrons. The number of methoxy groups -OCH3 is 2. The van der Waals surface area contributed by atoms with E-state index in [9.17, 15) is 9.59 Å². The average molecular weight is 507 g/mol. The maximum Gasteiger partial charge on any atom is 0.419 e. The molecule has 0 radical (unpaired) electrons. The molecule has 3 aromatic rings. The fraction of sp³-hybridized carbons (Fsp3) is 0.467. The Bertz CT molecular complexity index is 1290. The highest BCUT2D eigenvalue weighted by molar-refractivity contribution is 5.95. The summed E-state index contributed by atoms with van der Waals surface area (Å²) in [6.45, 7) is 11.5. The number of benzene rings is 2. The number of fused-ring (bicyclic) bond motifs is 1. The van der Waals surface area contributed by atoms with Gasteiger partial charge >= 0.3 is 12.1 Å². The van der Waals surface area contributed by atoms with Gasteiger partial charge in [0.15, 0.2) is 0 Å². The van der Waals surface area contributed by atoms with Gasteiger partial charge in [-0.1, -0.05) is 19.1 Å². The number of carbonyl (C=O) groups excluding carboxylic acids is 2. The summed E-state index contributed by atoms with van der Waals surface area (Å²) < 4.78 is 18.0. The van der Waals surface area contributed by atoms with Gasteiger partial charge in [-0.05, 0) is 81.8 Å². The molecule has 0 saturated carbocycles. The van der Waals surface area contributed by atoms with Crippen molar-refractivity contribution < 1.29 is 23.8 Å². The molecular weight excluding hydrogens is 468 g/mol. The quantitative estimate of drug-likeness (QED) is 0.368. The number of likely N-dealkylation sites (tertiary alicyclic amines) is 1. The van der Waals surface area contributed by atoms with E-state index in [1.54, 1.807) is 17.9 Å². The van der Waals surface area contributed by atoms with Crippen molar-refractivity contribution in [3.05, 3.63) is 64.8 Å². The Hall–Kier alpha value is -3.32. The fourth-order valence-electron chi connectivity index (χ4n) is 5.33. The molecule has 2 atom stereocenters. The van der Waals surface area contributed by atoms with Crippen LogP contribution in [0.2, 0.25) is 0 Å². The van der Waals surface area contributed by atoms with Crippen molar-refractivity contribution >= 4 is 23.0 Å². The molecule has 37 heavy (non-hydrogen) atoms. The van der Waals surface area contributed by atoms with Gasteiger partial charge in [0.2, 0.25) is 0 Å². The van der Waals surface area contributed by atoms with Gasteiger partial charge in [0, 0.05) is 36.3 Å². The van der Waals surface area contributed by atoms with E-state index >= 15 is 0 Å². The van der Waals surface area contributed by atoms with Crippen molar-refractivity contribution in [1.29, 1.82) is 0 Å². The van der Waals surface area contributed by atoms with Gasteiger partial charge in [-0.25, -0.2) is 9.59 Å². The van der Waals surface area contributed by atoms with Crippen LogP contribution in [0.4, 0.5) is 4.79 Å². The molecule has 0 aliphatic carbocycles. The summed E-state index contributed by atoms with van der Waals surface area (Å²) in [5, 5.41) is 0.987. The second kappa shape index (κ2) is 10.6. The van der Waals surface area contributed by atoms with Crippen molar-refractivity contribution in [2.45, 2.75) is 65.6 Å². The fourth-order valence-corrected chi connectivity index (χ4v) is 5.33. The molecule has 1 saturated heterocycles. The molecule has 2 heterocycles. The number of hydrogen-bond donors (Lipinski definition) is 0. The molecular formula is C30H38N2O5. The van der Waals surface area contributed by atoms with Crippen molar-refractivity contribution in [3.63, 3.8) is 0 Å². The summed E-state index contributed by atoms with van der Waals surface area (Å²) in [6, 6.07) is 11.9. The Morgan fingerprint density at radius 3 is 2.38 bits per heavy atom. The highest BCUT2D eigenvalue weighted by atomic mass is 16.6. The minimum atomic E-state index is -0.586. The standard InChI is InChI=1S/C30H38N2O5/c1-19-8-13-25(21-9-11-22(12-10-21)28(33)36-7)31(17-19)18-24-23-14-15-32(29(34)37-30(3,4)5)27(23)20(2)16-26(24)35-6/h9-12,14-16,19,25H,8,13,17-18H2,1-7H3. The lowest BCUT2D eigenvalue weighted by molar-refractivity contribution is 0.0542. The van der Waals surface area contributed by atoms with Crippen molar-refractivity contribution in [2.75, 3.05) is 20.8 Å². The van der Waals surface area contributed by atoms with Crippen LogP contribution in [0.25, 0.3) is 10.9 Å². The second-order valence-corrected chi connectivity index (χ2v) is 11.0. The number of hydrogen-bond acceptors (Lipinski definition) is 6. The molecule has 0 bridgehead atoms. The Labute approximate surface area is 219 Å². The lowest BCUT2D eigenvalue weighted by Crippen LogP contribution is -2.37. The molecule has 7 heteroatoms. The number of piperidine rings is 1. The van der Waals surface area contributed by atoms with Crippen molar-refractivity contribution in [3.8, 4) is 5.75 Å². The molecule has 1 aliphatic heterocycles. The first kappa shape index (κ1) is 26.7. The van der Waals surface area contributed by atoms with Gasteiger partial charge in [-0.3, -0.25) is 9.47 Å². The number of aromatic nitrogens is 1. The summed E-state index contributed by atoms with van der Waals surface area (Å²) in [7, 11) is 3.09. The van der Waals surface area contributed by atoms with E-state index in [4.69, 9.17) is 14.2 Å². The van der Waals surface area contributed by atoms with Crippen LogP contribution in [0.5, 0.6) is 5.75 Å². The molecule has 2 unspecified atom stereocenters. The van der Waals surface area contributed by atoms with E-state index in [2.05, 4.69) is 11.8 Å². The summed E-state index contributed by atoms with van der Waals surface area (Å²) in [5.74, 6) is 1.04. The third-order valence-electron chi connectivity index (χ3n) is 7.04. The van der Waals surface area contributed by atoms with E-state index < -0.39 is 11.7 Å². The predicted octanol–water partition coefficient (Wildman–Crippen LogP) is 6.50. The van der Waals surface area contributed by atoms with E-state index in [1.165, 1.54) is 12.7 Å². The summed E-state index contributed by atoms with van der Waals surface area (Å²) >= 11 is 0. The summed E-state index contributed by atoms with van der Waals surface area (Å²) in [5.41, 5.74) is 3.98. The van der Waals surface area contributed by atoms with Gasteiger partial charge < -0.3 is 14.2 Å². The van der Waals surface area contributed by atoms with Gasteiger partial charge in [0.25, 0.3) is 0 Å². The molecule has 1 fully saturated rings. The Morgan fingerprint density at radius 1 is 1.05 bits per heavy atom. The number of nitrogens with zero attached hydrogens (tertiary/aromatic N) is 2. The van der Waals surface area contributed by atoms with Crippen LogP contribution in [0.1, 0.15) is 73.6 Å². The van der Waals surface area contributed by atoms with Crippen LogP contribution in [0.3, 0.4) is 0 Å². The predicted molar refractivity (Wildman–Crippen MR) is 144 cm³/mol. The molecule has 1 aromatic heterocycles. The lowest BCUT2D eigenvalue weighted by atomic mass is 9.89. The van der Waals surface area contributed by atoms with Gasteiger partial charge in [0.1, 0.15) is 11.4 Å². The van der Waals surface area contributed by atoms with E-state index in [0.717, 1.165) is 47.2 Å². The highest BCUT2D eigenvalue weighted by Gasteiger charge is 2.30. The molecule has 0 N–H and O–H groups in total. The summed E-state index contributed by atoms with van der Waals surface area (Å²) in [6.07, 6.45) is 3.55. The normalized spacial score (nSPS) is 18.6. The van der Waals surface area contributed by atoms with Gasteiger partial charge in [-0.2, -0.15) is 0 Å². The van der Waals surface area contributed by atoms with E-state index in [0.29, 0.717) is 18.0 Å². The number of esters is 1. The van der Waals surface area contributed by atoms with Crippen LogP contribution in [-0.2, 0) is 16.0 Å². The third kappa shape index (κ3) is 5.67. The largest absolute Gasteiger partial charge is 0.496 e. The average Bonchev–Trinajstić information content (AvgIpc) is 3.30. The van der Waals surface area contributed by atoms with E-state index in [1.807, 2.05) is 64.1 Å². The Morgan fingerprint density at radius 2 is 1.76 bits per heavy atom. The Kier molecular flexibility index (Phi) is 7.64. The number of carbonyl (C=O) groups is 2. The molecule has 4 rings (SSSR count). The Balaban J connectivity index is 1.72. The number of ether oxygens (including phenoxy) is 3. The molecule has 7 nitrogen and oxygen atoms in total. The first-order valence-electron chi connectivity index (χ1n) is 12.9. The molecule has 0 spiro atoms. The maximum atomic E-state index is 13.0. The van der Waals surface area contributed by atoms with E-state index in [-0.39, 0.29) is 12.0 Å². The van der Waals surface area contributed by atoms with Crippen LogP contribution >= 0.6 is 0 Å².